The van der Waals surface area contributed by atoms with Crippen LogP contribution >= 0.6 is 11.8 Å². The summed E-state index contributed by atoms with van der Waals surface area (Å²) in [4.78, 5) is 14.6. The van der Waals surface area contributed by atoms with Gasteiger partial charge in [-0.2, -0.15) is 0 Å². The maximum atomic E-state index is 12.6. The van der Waals surface area contributed by atoms with E-state index >= 15 is 0 Å². The van der Waals surface area contributed by atoms with Crippen molar-refractivity contribution in [2.75, 3.05) is 25.5 Å². The van der Waals surface area contributed by atoms with Gasteiger partial charge in [-0.1, -0.05) is 18.7 Å². The molecule has 1 amide bonds. The largest absolute Gasteiger partial charge is 0.486 e. The van der Waals surface area contributed by atoms with Crippen molar-refractivity contribution in [2.24, 2.45) is 0 Å². The van der Waals surface area contributed by atoms with Crippen LogP contribution < -0.4 is 9.47 Å². The van der Waals surface area contributed by atoms with Crippen molar-refractivity contribution in [3.63, 3.8) is 0 Å². The first kappa shape index (κ1) is 18.2. The van der Waals surface area contributed by atoms with Gasteiger partial charge in [0.05, 0.1) is 5.75 Å². The van der Waals surface area contributed by atoms with Gasteiger partial charge >= 0.3 is 0 Å². The number of fused-ring (bicyclic) bond motifs is 1. The summed E-state index contributed by atoms with van der Waals surface area (Å²) >= 11 is 1.29. The fourth-order valence-corrected chi connectivity index (χ4v) is 4.17. The average Bonchev–Trinajstić information content (AvgIpc) is 3.20. The van der Waals surface area contributed by atoms with E-state index in [-0.39, 0.29) is 5.91 Å². The minimum absolute atomic E-state index is 0.144. The van der Waals surface area contributed by atoms with Gasteiger partial charge in [-0.25, -0.2) is 0 Å². The number of ether oxygens (including phenoxy) is 2. The topological polar surface area (TPSA) is 77.7 Å². The third-order valence-corrected chi connectivity index (χ3v) is 5.74. The fourth-order valence-electron chi connectivity index (χ4n) is 3.52. The van der Waals surface area contributed by atoms with Crippen LogP contribution in [0.4, 0.5) is 0 Å². The molecule has 2 aliphatic rings. The molecule has 1 fully saturated rings. The van der Waals surface area contributed by atoms with Crippen LogP contribution in [0.3, 0.4) is 0 Å². The summed E-state index contributed by atoms with van der Waals surface area (Å²) in [5, 5.41) is 8.56. The molecule has 27 heavy (non-hydrogen) atoms. The lowest BCUT2D eigenvalue weighted by atomic mass is 10.0. The van der Waals surface area contributed by atoms with Gasteiger partial charge in [-0.3, -0.25) is 4.79 Å². The molecule has 0 unspecified atom stereocenters. The molecule has 8 heteroatoms. The van der Waals surface area contributed by atoms with Gasteiger partial charge in [0.15, 0.2) is 11.5 Å². The Kier molecular flexibility index (Phi) is 5.52. The number of carbonyl (C=O) groups is 1. The number of likely N-dealkylation sites (tertiary alicyclic amines) is 1. The highest BCUT2D eigenvalue weighted by molar-refractivity contribution is 7.99. The number of thioether (sulfide) groups is 1. The zero-order valence-corrected chi connectivity index (χ0v) is 16.2. The zero-order chi connectivity index (χ0) is 18.6. The second-order valence-electron chi connectivity index (χ2n) is 6.67. The van der Waals surface area contributed by atoms with Crippen molar-refractivity contribution >= 4 is 17.7 Å². The van der Waals surface area contributed by atoms with Crippen molar-refractivity contribution in [3.8, 4) is 23.0 Å². The van der Waals surface area contributed by atoms with Crippen LogP contribution in [0, 0.1) is 0 Å². The Labute approximate surface area is 162 Å². The molecule has 0 aliphatic carbocycles. The summed E-state index contributed by atoms with van der Waals surface area (Å²) in [6, 6.07) is 5.90. The molecule has 0 saturated carbocycles. The minimum Gasteiger partial charge on any atom is -0.486 e. The molecule has 0 spiro atoms. The second-order valence-corrected chi connectivity index (χ2v) is 7.59. The van der Waals surface area contributed by atoms with Gasteiger partial charge in [0.2, 0.25) is 11.8 Å². The average molecular weight is 389 g/mol. The standard InChI is InChI=1S/C19H23N3O4S/c1-2-14-5-3-4-8-22(14)17(23)12-27-19-21-20-18(26-19)13-6-7-15-16(11-13)25-10-9-24-15/h6-7,11,14H,2-5,8-10,12H2,1H3/t14-/m1/s1. The first-order chi connectivity index (χ1) is 13.2. The van der Waals surface area contributed by atoms with Crippen LogP contribution in [0.15, 0.2) is 27.8 Å². The molecular weight excluding hydrogens is 366 g/mol. The number of nitrogens with zero attached hydrogens (tertiary/aromatic N) is 3. The third-order valence-electron chi connectivity index (χ3n) is 4.93. The fraction of sp³-hybridized carbons (Fsp3) is 0.526. The van der Waals surface area contributed by atoms with E-state index in [0.717, 1.165) is 37.1 Å². The summed E-state index contributed by atoms with van der Waals surface area (Å²) in [7, 11) is 0. The Morgan fingerprint density at radius 3 is 2.93 bits per heavy atom. The van der Waals surface area contributed by atoms with E-state index in [9.17, 15) is 4.79 Å². The Balaban J connectivity index is 1.39. The maximum Gasteiger partial charge on any atom is 0.277 e. The van der Waals surface area contributed by atoms with Gasteiger partial charge in [0, 0.05) is 18.2 Å². The van der Waals surface area contributed by atoms with Crippen LogP contribution in [-0.4, -0.2) is 52.6 Å². The Hall–Kier alpha value is -2.22. The summed E-state index contributed by atoms with van der Waals surface area (Å²) in [5.41, 5.74) is 0.770. The van der Waals surface area contributed by atoms with E-state index in [1.807, 2.05) is 23.1 Å². The molecule has 0 bridgehead atoms. The molecule has 144 valence electrons. The molecule has 2 aromatic rings. The predicted molar refractivity (Wildman–Crippen MR) is 101 cm³/mol. The highest BCUT2D eigenvalue weighted by Crippen LogP contribution is 2.34. The van der Waals surface area contributed by atoms with E-state index in [1.54, 1.807) is 0 Å². The number of aromatic nitrogens is 2. The molecule has 0 N–H and O–H groups in total. The number of amides is 1. The highest BCUT2D eigenvalue weighted by atomic mass is 32.2. The van der Waals surface area contributed by atoms with Gasteiger partial charge in [0.1, 0.15) is 13.2 Å². The van der Waals surface area contributed by atoms with E-state index < -0.39 is 0 Å². The molecule has 1 aromatic carbocycles. The van der Waals surface area contributed by atoms with Gasteiger partial charge < -0.3 is 18.8 Å². The van der Waals surface area contributed by atoms with Gasteiger partial charge in [-0.05, 0) is 43.9 Å². The summed E-state index contributed by atoms with van der Waals surface area (Å²) in [6.07, 6.45) is 4.40. The van der Waals surface area contributed by atoms with Gasteiger partial charge in [0.25, 0.3) is 5.22 Å². The van der Waals surface area contributed by atoms with Crippen LogP contribution in [-0.2, 0) is 4.79 Å². The number of hydrogen-bond donors (Lipinski definition) is 0. The number of rotatable bonds is 5. The SMILES string of the molecule is CC[C@@H]1CCCCN1C(=O)CSc1nnc(-c2ccc3c(c2)OCCO3)o1. The summed E-state index contributed by atoms with van der Waals surface area (Å²) in [6.45, 7) is 4.07. The summed E-state index contributed by atoms with van der Waals surface area (Å²) < 4.78 is 16.8. The molecule has 1 aromatic heterocycles. The molecule has 3 heterocycles. The van der Waals surface area contributed by atoms with E-state index in [2.05, 4.69) is 17.1 Å². The lowest BCUT2D eigenvalue weighted by Crippen LogP contribution is -2.44. The number of piperidine rings is 1. The Morgan fingerprint density at radius 2 is 2.07 bits per heavy atom. The molecular formula is C19H23N3O4S. The van der Waals surface area contributed by atoms with Crippen molar-refractivity contribution in [2.45, 2.75) is 43.9 Å². The Morgan fingerprint density at radius 1 is 1.22 bits per heavy atom. The third kappa shape index (κ3) is 4.05. The highest BCUT2D eigenvalue weighted by Gasteiger charge is 2.25. The Bertz CT molecular complexity index is 810. The van der Waals surface area contributed by atoms with Crippen molar-refractivity contribution in [3.05, 3.63) is 18.2 Å². The van der Waals surface area contributed by atoms with Crippen LogP contribution in [0.2, 0.25) is 0 Å². The first-order valence-corrected chi connectivity index (χ1v) is 10.4. The van der Waals surface area contributed by atoms with Crippen molar-refractivity contribution in [1.29, 1.82) is 0 Å². The maximum absolute atomic E-state index is 12.6. The van der Waals surface area contributed by atoms with Gasteiger partial charge in [-0.15, -0.1) is 10.2 Å². The zero-order valence-electron chi connectivity index (χ0n) is 15.3. The molecule has 7 nitrogen and oxygen atoms in total. The molecule has 4 rings (SSSR count). The second kappa shape index (κ2) is 8.21. The quantitative estimate of drug-likeness (QED) is 0.725. The lowest BCUT2D eigenvalue weighted by Gasteiger charge is -2.35. The normalized spacial score (nSPS) is 19.1. The van der Waals surface area contributed by atoms with E-state index in [1.165, 1.54) is 18.2 Å². The van der Waals surface area contributed by atoms with Crippen LogP contribution in [0.25, 0.3) is 11.5 Å². The smallest absolute Gasteiger partial charge is 0.277 e. The first-order valence-electron chi connectivity index (χ1n) is 9.40. The molecule has 2 aliphatic heterocycles. The van der Waals surface area contributed by atoms with Crippen molar-refractivity contribution < 1.29 is 18.7 Å². The van der Waals surface area contributed by atoms with Crippen LogP contribution in [0.1, 0.15) is 32.6 Å². The number of hydrogen-bond acceptors (Lipinski definition) is 7. The predicted octanol–water partition coefficient (Wildman–Crippen LogP) is 3.39. The monoisotopic (exact) mass is 389 g/mol. The molecule has 0 radical (unpaired) electrons. The summed E-state index contributed by atoms with van der Waals surface area (Å²) in [5.74, 6) is 2.27. The van der Waals surface area contributed by atoms with Crippen molar-refractivity contribution in [1.82, 2.24) is 15.1 Å². The number of carbonyl (C=O) groups excluding carboxylic acids is 1. The number of benzene rings is 1. The molecule has 1 atom stereocenters. The minimum atomic E-state index is 0.144. The molecule has 1 saturated heterocycles. The van der Waals surface area contributed by atoms with Crippen LogP contribution in [0.5, 0.6) is 11.5 Å². The van der Waals surface area contributed by atoms with E-state index in [0.29, 0.717) is 41.9 Å². The van der Waals surface area contributed by atoms with E-state index in [4.69, 9.17) is 13.9 Å². The lowest BCUT2D eigenvalue weighted by molar-refractivity contribution is -0.132.